The molecule has 0 amide bonds. The van der Waals surface area contributed by atoms with E-state index in [0.717, 1.165) is 4.90 Å². The molecule has 3 nitrogen and oxygen atoms in total. The van der Waals surface area contributed by atoms with Crippen molar-refractivity contribution in [3.8, 4) is 0 Å². The molecule has 1 aromatic rings. The maximum Gasteiger partial charge on any atom is 0.334 e. The number of benzene rings is 1. The molecular weight excluding hydrogens is 254 g/mol. The molecule has 0 spiro atoms. The van der Waals surface area contributed by atoms with Crippen LogP contribution in [0.4, 0.5) is 0 Å². The summed E-state index contributed by atoms with van der Waals surface area (Å²) in [4.78, 5) is 17.5. The molecule has 0 fully saturated rings. The Kier molecular flexibility index (Phi) is 5.44. The first-order valence-electron chi connectivity index (χ1n) is 5.23. The first-order valence-corrected chi connectivity index (χ1v) is 6.45. The van der Waals surface area contributed by atoms with Crippen molar-refractivity contribution in [2.45, 2.75) is 18.7 Å². The highest BCUT2D eigenvalue weighted by atomic mass is 32.2. The van der Waals surface area contributed by atoms with Crippen LogP contribution in [-0.4, -0.2) is 22.4 Å². The summed E-state index contributed by atoms with van der Waals surface area (Å²) in [7, 11) is 1.64. The number of carbonyl (C=O) groups is 1. The van der Waals surface area contributed by atoms with E-state index in [1.165, 1.54) is 16.8 Å². The molecule has 0 radical (unpaired) electrons. The van der Waals surface area contributed by atoms with Crippen molar-refractivity contribution in [1.29, 1.82) is 0 Å². The van der Waals surface area contributed by atoms with Gasteiger partial charge >= 0.3 is 5.97 Å². The van der Waals surface area contributed by atoms with Gasteiger partial charge in [-0.2, -0.15) is 5.06 Å². The topological polar surface area (TPSA) is 29.5 Å². The second kappa shape index (κ2) is 6.61. The first kappa shape index (κ1) is 14.0. The van der Waals surface area contributed by atoms with Gasteiger partial charge in [0.1, 0.15) is 0 Å². The van der Waals surface area contributed by atoms with Crippen molar-refractivity contribution in [1.82, 2.24) is 5.06 Å². The number of nitrogens with zero attached hydrogens (tertiary/aromatic N) is 1. The van der Waals surface area contributed by atoms with Crippen molar-refractivity contribution in [3.63, 3.8) is 0 Å². The first-order chi connectivity index (χ1) is 8.00. The van der Waals surface area contributed by atoms with Crippen LogP contribution < -0.4 is 0 Å². The lowest BCUT2D eigenvalue weighted by Gasteiger charge is -2.19. The molecule has 5 heteroatoms. The van der Waals surface area contributed by atoms with Gasteiger partial charge in [-0.25, -0.2) is 4.79 Å². The fraction of sp³-hybridized carbons (Fsp3) is 0.333. The van der Waals surface area contributed by atoms with Gasteiger partial charge in [0.2, 0.25) is 0 Å². The third-order valence-electron chi connectivity index (χ3n) is 1.90. The minimum atomic E-state index is -0.288. The summed E-state index contributed by atoms with van der Waals surface area (Å²) in [6, 6.07) is 9.72. The Morgan fingerprint density at radius 1 is 1.35 bits per heavy atom. The zero-order valence-corrected chi connectivity index (χ0v) is 11.7. The Bertz CT molecular complexity index is 393. The van der Waals surface area contributed by atoms with Gasteiger partial charge in [-0.05, 0) is 24.4 Å². The normalized spacial score (nSPS) is 10.1. The number of hydrogen-bond acceptors (Lipinski definition) is 4. The molecule has 0 aliphatic carbocycles. The number of carbonyl (C=O) groups excluding carboxylic acids is 1. The minimum absolute atomic E-state index is 0.165. The maximum absolute atomic E-state index is 11.4. The molecule has 0 heterocycles. The van der Waals surface area contributed by atoms with Gasteiger partial charge in [-0.1, -0.05) is 43.8 Å². The van der Waals surface area contributed by atoms with Gasteiger partial charge in [-0.15, -0.1) is 0 Å². The molecule has 0 atom stereocenters. The molecule has 1 rings (SSSR count). The van der Waals surface area contributed by atoms with E-state index < -0.39 is 0 Å². The van der Waals surface area contributed by atoms with Crippen molar-refractivity contribution < 1.29 is 9.63 Å². The standard InChI is InChI=1S/C12H15NO2S2/c1-9(2)11(14)15-13(3)12(16)17-10-7-5-4-6-8-10/h4-9H,1-3H3. The number of hydroxylamine groups is 2. The van der Waals surface area contributed by atoms with Gasteiger partial charge in [0.05, 0.1) is 5.92 Å². The smallest absolute Gasteiger partial charge is 0.334 e. The van der Waals surface area contributed by atoms with Gasteiger partial charge in [0, 0.05) is 11.9 Å². The van der Waals surface area contributed by atoms with Crippen molar-refractivity contribution in [3.05, 3.63) is 30.3 Å². The fourth-order valence-corrected chi connectivity index (χ4v) is 1.92. The van der Waals surface area contributed by atoms with Crippen LogP contribution in [0.1, 0.15) is 13.8 Å². The van der Waals surface area contributed by atoms with Crippen LogP contribution in [0.5, 0.6) is 0 Å². The Morgan fingerprint density at radius 3 is 2.47 bits per heavy atom. The minimum Gasteiger partial charge on any atom is -0.340 e. The maximum atomic E-state index is 11.4. The number of thiocarbonyl (C=S) groups is 1. The SMILES string of the molecule is CC(C)C(=O)ON(C)C(=S)Sc1ccccc1. The molecular formula is C12H15NO2S2. The molecule has 0 unspecified atom stereocenters. The molecule has 0 N–H and O–H groups in total. The second-order valence-electron chi connectivity index (χ2n) is 3.74. The van der Waals surface area contributed by atoms with Crippen LogP contribution >= 0.6 is 24.0 Å². The van der Waals surface area contributed by atoms with Gasteiger partial charge in [-0.3, -0.25) is 0 Å². The van der Waals surface area contributed by atoms with E-state index in [4.69, 9.17) is 17.1 Å². The van der Waals surface area contributed by atoms with Crippen LogP contribution in [0.25, 0.3) is 0 Å². The lowest BCUT2D eigenvalue weighted by atomic mass is 10.2. The van der Waals surface area contributed by atoms with E-state index in [9.17, 15) is 4.79 Å². The monoisotopic (exact) mass is 269 g/mol. The fourth-order valence-electron chi connectivity index (χ4n) is 0.931. The van der Waals surface area contributed by atoms with Crippen molar-refractivity contribution in [2.75, 3.05) is 7.05 Å². The van der Waals surface area contributed by atoms with Crippen LogP contribution in [0, 0.1) is 5.92 Å². The number of thioether (sulfide) groups is 1. The van der Waals surface area contributed by atoms with Crippen molar-refractivity contribution in [2.24, 2.45) is 5.92 Å². The van der Waals surface area contributed by atoms with Crippen LogP contribution in [0.3, 0.4) is 0 Å². The molecule has 0 aromatic heterocycles. The summed E-state index contributed by atoms with van der Waals surface area (Å²) < 4.78 is 0.505. The number of hydrogen-bond donors (Lipinski definition) is 0. The van der Waals surface area contributed by atoms with Crippen LogP contribution in [0.2, 0.25) is 0 Å². The summed E-state index contributed by atoms with van der Waals surface area (Å²) in [5, 5.41) is 1.33. The predicted molar refractivity (Wildman–Crippen MR) is 73.6 cm³/mol. The van der Waals surface area contributed by atoms with E-state index in [1.54, 1.807) is 20.9 Å². The zero-order chi connectivity index (χ0) is 12.8. The zero-order valence-electron chi connectivity index (χ0n) is 10.0. The summed E-state index contributed by atoms with van der Waals surface area (Å²) in [5.41, 5.74) is 0. The highest BCUT2D eigenvalue weighted by Crippen LogP contribution is 2.21. The summed E-state index contributed by atoms with van der Waals surface area (Å²) in [6.45, 7) is 3.56. The van der Waals surface area contributed by atoms with Gasteiger partial charge < -0.3 is 4.84 Å². The third-order valence-corrected chi connectivity index (χ3v) is 3.35. The van der Waals surface area contributed by atoms with Gasteiger partial charge in [0.25, 0.3) is 0 Å². The quantitative estimate of drug-likeness (QED) is 0.467. The Morgan fingerprint density at radius 2 is 1.94 bits per heavy atom. The highest BCUT2D eigenvalue weighted by Gasteiger charge is 2.14. The Balaban J connectivity index is 2.51. The molecule has 0 aliphatic heterocycles. The molecule has 0 bridgehead atoms. The highest BCUT2D eigenvalue weighted by molar-refractivity contribution is 8.22. The lowest BCUT2D eigenvalue weighted by molar-refractivity contribution is -0.171. The van der Waals surface area contributed by atoms with E-state index in [0.29, 0.717) is 4.32 Å². The predicted octanol–water partition coefficient (Wildman–Crippen LogP) is 3.11. The van der Waals surface area contributed by atoms with E-state index in [2.05, 4.69) is 0 Å². The molecule has 0 saturated heterocycles. The summed E-state index contributed by atoms with van der Waals surface area (Å²) >= 11 is 6.56. The molecule has 1 aromatic carbocycles. The second-order valence-corrected chi connectivity index (χ2v) is 5.45. The molecule has 92 valence electrons. The van der Waals surface area contributed by atoms with Crippen LogP contribution in [0.15, 0.2) is 35.2 Å². The van der Waals surface area contributed by atoms with E-state index in [1.807, 2.05) is 30.3 Å². The van der Waals surface area contributed by atoms with E-state index >= 15 is 0 Å². The Labute approximate surface area is 111 Å². The van der Waals surface area contributed by atoms with Crippen molar-refractivity contribution >= 4 is 34.3 Å². The summed E-state index contributed by atoms with van der Waals surface area (Å²) in [5.74, 6) is -0.453. The van der Waals surface area contributed by atoms with Crippen LogP contribution in [-0.2, 0) is 9.63 Å². The molecule has 0 aliphatic rings. The average Bonchev–Trinajstić information content (AvgIpc) is 2.29. The summed E-state index contributed by atoms with van der Waals surface area (Å²) in [6.07, 6.45) is 0. The van der Waals surface area contributed by atoms with E-state index in [-0.39, 0.29) is 11.9 Å². The van der Waals surface area contributed by atoms with Gasteiger partial charge in [0.15, 0.2) is 4.32 Å². The third kappa shape index (κ3) is 4.75. The average molecular weight is 269 g/mol. The lowest BCUT2D eigenvalue weighted by Crippen LogP contribution is -2.28. The molecule has 17 heavy (non-hydrogen) atoms. The molecule has 0 saturated carbocycles. The largest absolute Gasteiger partial charge is 0.340 e. The Hall–Kier alpha value is -1.07. The number of rotatable bonds is 2.